The minimum Gasteiger partial charge on any atom is -0.381 e. The van der Waals surface area contributed by atoms with Gasteiger partial charge in [-0.15, -0.1) is 0 Å². The summed E-state index contributed by atoms with van der Waals surface area (Å²) in [5, 5.41) is 2.74. The largest absolute Gasteiger partial charge is 0.416 e. The lowest BCUT2D eigenvalue weighted by molar-refractivity contribution is -0.143. The lowest BCUT2D eigenvalue weighted by atomic mass is 9.89. The first-order valence-corrected chi connectivity index (χ1v) is 8.32. The molecule has 27 heavy (non-hydrogen) atoms. The molecule has 0 aromatic heterocycles. The van der Waals surface area contributed by atoms with Crippen LogP contribution in [0.4, 0.5) is 32.0 Å². The summed E-state index contributed by atoms with van der Waals surface area (Å²) < 4.78 is 77.9. The Balaban J connectivity index is 2.45. The first-order chi connectivity index (χ1) is 12.2. The second kappa shape index (κ2) is 7.09. The molecule has 0 saturated heterocycles. The number of benzene rings is 2. The standard InChI is InChI=1S/C20H21F6N/c1-10-11(2)13(4)18(14(5)12(10)3)9-27-17-7-15(19(21,22)23)6-16(8-17)20(24,25)26/h6-8,27H,9H2,1-5H3. The van der Waals surface area contributed by atoms with Crippen LogP contribution in [0.3, 0.4) is 0 Å². The fourth-order valence-electron chi connectivity index (χ4n) is 3.09. The topological polar surface area (TPSA) is 12.0 Å². The van der Waals surface area contributed by atoms with E-state index in [0.29, 0.717) is 12.1 Å². The maximum absolute atomic E-state index is 13.0. The molecule has 0 heterocycles. The molecule has 0 spiro atoms. The van der Waals surface area contributed by atoms with E-state index in [1.54, 1.807) is 0 Å². The third-order valence-electron chi connectivity index (χ3n) is 5.21. The SMILES string of the molecule is Cc1c(C)c(C)c(CNc2cc(C(F)(F)F)cc(C(F)(F)F)c2)c(C)c1C. The smallest absolute Gasteiger partial charge is 0.381 e. The van der Waals surface area contributed by atoms with Gasteiger partial charge in [0.1, 0.15) is 0 Å². The van der Waals surface area contributed by atoms with Crippen LogP contribution < -0.4 is 5.32 Å². The summed E-state index contributed by atoms with van der Waals surface area (Å²) in [5.74, 6) is 0. The first kappa shape index (κ1) is 21.1. The quantitative estimate of drug-likeness (QED) is 0.564. The molecule has 0 bridgehead atoms. The van der Waals surface area contributed by atoms with Crippen molar-refractivity contribution in [2.45, 2.75) is 53.5 Å². The van der Waals surface area contributed by atoms with Gasteiger partial charge in [0.15, 0.2) is 0 Å². The van der Waals surface area contributed by atoms with Gasteiger partial charge < -0.3 is 5.32 Å². The first-order valence-electron chi connectivity index (χ1n) is 8.32. The molecule has 0 saturated carbocycles. The van der Waals surface area contributed by atoms with Crippen LogP contribution in [0.15, 0.2) is 18.2 Å². The zero-order valence-corrected chi connectivity index (χ0v) is 15.7. The van der Waals surface area contributed by atoms with Gasteiger partial charge in [-0.05, 0) is 86.2 Å². The Morgan fingerprint density at radius 3 is 1.37 bits per heavy atom. The molecule has 0 atom stereocenters. The van der Waals surface area contributed by atoms with Crippen molar-refractivity contribution in [3.63, 3.8) is 0 Å². The zero-order valence-electron chi connectivity index (χ0n) is 15.7. The van der Waals surface area contributed by atoms with Crippen LogP contribution in [-0.4, -0.2) is 0 Å². The van der Waals surface area contributed by atoms with E-state index in [-0.39, 0.29) is 18.3 Å². The molecule has 1 nitrogen and oxygen atoms in total. The molecule has 0 aliphatic rings. The van der Waals surface area contributed by atoms with Crippen molar-refractivity contribution in [1.82, 2.24) is 0 Å². The van der Waals surface area contributed by atoms with Gasteiger partial charge in [-0.2, -0.15) is 26.3 Å². The van der Waals surface area contributed by atoms with Gasteiger partial charge in [-0.3, -0.25) is 0 Å². The Kier molecular flexibility index (Phi) is 5.55. The number of alkyl halides is 6. The fraction of sp³-hybridized carbons (Fsp3) is 0.400. The van der Waals surface area contributed by atoms with Gasteiger partial charge in [0.25, 0.3) is 0 Å². The normalized spacial score (nSPS) is 12.4. The molecular formula is C20H21F6N. The summed E-state index contributed by atoms with van der Waals surface area (Å²) in [6.45, 7) is 9.83. The van der Waals surface area contributed by atoms with Crippen molar-refractivity contribution >= 4 is 5.69 Å². The third-order valence-corrected chi connectivity index (χ3v) is 5.21. The second-order valence-electron chi connectivity index (χ2n) is 6.75. The highest BCUT2D eigenvalue weighted by Crippen LogP contribution is 2.38. The molecule has 7 heteroatoms. The van der Waals surface area contributed by atoms with E-state index < -0.39 is 23.5 Å². The Labute approximate surface area is 154 Å². The summed E-state index contributed by atoms with van der Waals surface area (Å²) >= 11 is 0. The Bertz CT molecular complexity index is 801. The molecule has 0 aliphatic carbocycles. The van der Waals surface area contributed by atoms with Crippen LogP contribution in [0.5, 0.6) is 0 Å². The molecule has 0 fully saturated rings. The summed E-state index contributed by atoms with van der Waals surface area (Å²) in [6.07, 6.45) is -9.72. The number of hydrogen-bond acceptors (Lipinski definition) is 1. The number of halogens is 6. The predicted octanol–water partition coefficient (Wildman–Crippen LogP) is 6.88. The molecular weight excluding hydrogens is 368 g/mol. The van der Waals surface area contributed by atoms with Gasteiger partial charge in [0, 0.05) is 12.2 Å². The lowest BCUT2D eigenvalue weighted by Crippen LogP contribution is -2.13. The van der Waals surface area contributed by atoms with Crippen molar-refractivity contribution in [3.8, 4) is 0 Å². The minimum absolute atomic E-state index is 0.127. The van der Waals surface area contributed by atoms with E-state index >= 15 is 0 Å². The number of anilines is 1. The molecule has 0 radical (unpaired) electrons. The number of hydrogen-bond donors (Lipinski definition) is 1. The van der Waals surface area contributed by atoms with Crippen molar-refractivity contribution in [2.24, 2.45) is 0 Å². The Morgan fingerprint density at radius 2 is 1.00 bits per heavy atom. The molecule has 0 amide bonds. The highest BCUT2D eigenvalue weighted by Gasteiger charge is 2.36. The Morgan fingerprint density at radius 1 is 0.630 bits per heavy atom. The molecule has 148 valence electrons. The molecule has 2 rings (SSSR count). The maximum atomic E-state index is 13.0. The van der Waals surface area contributed by atoms with E-state index in [9.17, 15) is 26.3 Å². The lowest BCUT2D eigenvalue weighted by Gasteiger charge is -2.20. The summed E-state index contributed by atoms with van der Waals surface area (Å²) in [6, 6.07) is 1.53. The van der Waals surface area contributed by atoms with Crippen molar-refractivity contribution < 1.29 is 26.3 Å². The van der Waals surface area contributed by atoms with Gasteiger partial charge in [0.2, 0.25) is 0 Å². The summed E-state index contributed by atoms with van der Waals surface area (Å²) in [5.41, 5.74) is 3.22. The van der Waals surface area contributed by atoms with E-state index in [1.807, 2.05) is 34.6 Å². The predicted molar refractivity (Wildman–Crippen MR) is 93.9 cm³/mol. The van der Waals surface area contributed by atoms with Crippen molar-refractivity contribution in [1.29, 1.82) is 0 Å². The number of rotatable bonds is 3. The minimum atomic E-state index is -4.86. The van der Waals surface area contributed by atoms with Crippen molar-refractivity contribution in [2.75, 3.05) is 5.32 Å². The maximum Gasteiger partial charge on any atom is 0.416 e. The van der Waals surface area contributed by atoms with Gasteiger partial charge >= 0.3 is 12.4 Å². The van der Waals surface area contributed by atoms with Gasteiger partial charge in [-0.1, -0.05) is 0 Å². The highest BCUT2D eigenvalue weighted by molar-refractivity contribution is 5.54. The van der Waals surface area contributed by atoms with Crippen LogP contribution >= 0.6 is 0 Å². The van der Waals surface area contributed by atoms with E-state index in [4.69, 9.17) is 0 Å². The van der Waals surface area contributed by atoms with Gasteiger partial charge in [0.05, 0.1) is 11.1 Å². The summed E-state index contributed by atoms with van der Waals surface area (Å²) in [7, 11) is 0. The molecule has 2 aromatic carbocycles. The average Bonchev–Trinajstić information content (AvgIpc) is 2.56. The summed E-state index contributed by atoms with van der Waals surface area (Å²) in [4.78, 5) is 0. The van der Waals surface area contributed by atoms with Crippen LogP contribution in [-0.2, 0) is 18.9 Å². The fourth-order valence-corrected chi connectivity index (χ4v) is 3.09. The van der Waals surface area contributed by atoms with Crippen LogP contribution in [0, 0.1) is 34.6 Å². The van der Waals surface area contributed by atoms with E-state index in [0.717, 1.165) is 33.4 Å². The van der Waals surface area contributed by atoms with Crippen molar-refractivity contribution in [3.05, 3.63) is 62.7 Å². The second-order valence-corrected chi connectivity index (χ2v) is 6.75. The Hall–Kier alpha value is -2.18. The molecule has 0 unspecified atom stereocenters. The highest BCUT2D eigenvalue weighted by atomic mass is 19.4. The third kappa shape index (κ3) is 4.39. The van der Waals surface area contributed by atoms with E-state index in [1.165, 1.54) is 0 Å². The average molecular weight is 389 g/mol. The molecule has 2 aromatic rings. The van der Waals surface area contributed by atoms with Gasteiger partial charge in [-0.25, -0.2) is 0 Å². The molecule has 0 aliphatic heterocycles. The van der Waals surface area contributed by atoms with Crippen LogP contribution in [0.2, 0.25) is 0 Å². The zero-order chi connectivity index (χ0) is 20.7. The van der Waals surface area contributed by atoms with Crippen LogP contribution in [0.25, 0.3) is 0 Å². The molecule has 1 N–H and O–H groups in total. The van der Waals surface area contributed by atoms with E-state index in [2.05, 4.69) is 5.32 Å². The van der Waals surface area contributed by atoms with Crippen LogP contribution in [0.1, 0.15) is 44.5 Å². The number of nitrogens with one attached hydrogen (secondary N) is 1. The monoisotopic (exact) mass is 389 g/mol.